The van der Waals surface area contributed by atoms with Gasteiger partial charge in [-0.3, -0.25) is 14.2 Å². The molecule has 1 unspecified atom stereocenters. The number of hydrogen-bond acceptors (Lipinski definition) is 4. The van der Waals surface area contributed by atoms with Crippen molar-refractivity contribution in [3.8, 4) is 0 Å². The summed E-state index contributed by atoms with van der Waals surface area (Å²) in [7, 11) is 0. The molecule has 5 aromatic rings. The van der Waals surface area contributed by atoms with Crippen molar-refractivity contribution in [3.05, 3.63) is 123 Å². The first kappa shape index (κ1) is 29.2. The Labute approximate surface area is 247 Å². The van der Waals surface area contributed by atoms with Crippen molar-refractivity contribution in [3.63, 3.8) is 0 Å². The van der Waals surface area contributed by atoms with E-state index >= 15 is 0 Å². The van der Waals surface area contributed by atoms with E-state index < -0.39 is 6.04 Å². The molecule has 0 spiro atoms. The fourth-order valence-electron chi connectivity index (χ4n) is 5.92. The van der Waals surface area contributed by atoms with Gasteiger partial charge in [-0.15, -0.1) is 0 Å². The normalized spacial score (nSPS) is 12.2. The van der Waals surface area contributed by atoms with Crippen molar-refractivity contribution >= 4 is 27.6 Å². The Balaban J connectivity index is 1.80. The van der Waals surface area contributed by atoms with Gasteiger partial charge in [-0.2, -0.15) is 0 Å². The Hall–Kier alpha value is -4.29. The molecule has 0 radical (unpaired) electrons. The number of nitrogens with zero attached hydrogens (tertiary/aromatic N) is 3. The molecular weight excluding hydrogens is 520 g/mol. The van der Waals surface area contributed by atoms with Crippen LogP contribution in [0.2, 0.25) is 0 Å². The largest absolute Gasteiger partial charge is 0.330 e. The maximum atomic E-state index is 14.5. The third-order valence-electron chi connectivity index (χ3n) is 8.04. The zero-order valence-electron chi connectivity index (χ0n) is 25.0. The van der Waals surface area contributed by atoms with Crippen molar-refractivity contribution in [1.82, 2.24) is 14.5 Å². The van der Waals surface area contributed by atoms with Crippen molar-refractivity contribution in [2.75, 3.05) is 13.1 Å². The van der Waals surface area contributed by atoms with Crippen LogP contribution in [0, 0.1) is 12.8 Å². The molecule has 0 aliphatic rings. The summed E-state index contributed by atoms with van der Waals surface area (Å²) < 4.78 is 1.79. The lowest BCUT2D eigenvalue weighted by atomic mass is 9.96. The highest BCUT2D eigenvalue weighted by Crippen LogP contribution is 2.33. The van der Waals surface area contributed by atoms with Crippen molar-refractivity contribution in [2.24, 2.45) is 11.7 Å². The Bertz CT molecular complexity index is 1760. The summed E-state index contributed by atoms with van der Waals surface area (Å²) in [5, 5.41) is 2.73. The fourth-order valence-corrected chi connectivity index (χ4v) is 5.92. The third-order valence-corrected chi connectivity index (χ3v) is 8.04. The minimum Gasteiger partial charge on any atom is -0.330 e. The number of carbonyl (C=O) groups is 1. The van der Waals surface area contributed by atoms with E-state index in [1.54, 1.807) is 4.57 Å². The Morgan fingerprint density at radius 2 is 1.64 bits per heavy atom. The molecule has 0 fully saturated rings. The maximum Gasteiger partial charge on any atom is 0.261 e. The summed E-state index contributed by atoms with van der Waals surface area (Å²) in [6.45, 7) is 9.57. The van der Waals surface area contributed by atoms with Gasteiger partial charge in [0.15, 0.2) is 0 Å². The number of hydrogen-bond donors (Lipinski definition) is 1. The van der Waals surface area contributed by atoms with E-state index in [0.29, 0.717) is 48.3 Å². The number of nitrogens with two attached hydrogens (primary N) is 1. The van der Waals surface area contributed by atoms with Crippen LogP contribution in [0.3, 0.4) is 0 Å². The van der Waals surface area contributed by atoms with Crippen LogP contribution in [0.25, 0.3) is 21.7 Å². The molecule has 1 aromatic heterocycles. The molecule has 6 nitrogen and oxygen atoms in total. The summed E-state index contributed by atoms with van der Waals surface area (Å²) in [6.07, 6.45) is 1.38. The summed E-state index contributed by atoms with van der Waals surface area (Å²) >= 11 is 0. The average Bonchev–Trinajstić information content (AvgIpc) is 3.00. The molecule has 0 aliphatic heterocycles. The molecule has 1 heterocycles. The second kappa shape index (κ2) is 12.7. The first-order valence-corrected chi connectivity index (χ1v) is 14.9. The number of fused-ring (bicyclic) bond motifs is 2. The van der Waals surface area contributed by atoms with Gasteiger partial charge in [0.05, 0.1) is 23.5 Å². The summed E-state index contributed by atoms with van der Waals surface area (Å²) in [5.74, 6) is 0.500. The van der Waals surface area contributed by atoms with Gasteiger partial charge < -0.3 is 10.6 Å². The molecule has 1 amide bonds. The molecule has 216 valence electrons. The SMILES string of the molecule is CCc1c2ccccc2cc2c(=O)n(Cc3ccccc3)c(C(C(C)C)N(CCCN)C(=O)c3ccc(C)cc3)nc12. The zero-order chi connectivity index (χ0) is 29.8. The van der Waals surface area contributed by atoms with Gasteiger partial charge in [-0.05, 0) is 72.3 Å². The van der Waals surface area contributed by atoms with E-state index in [1.165, 1.54) is 0 Å². The van der Waals surface area contributed by atoms with Gasteiger partial charge in [0.25, 0.3) is 11.5 Å². The lowest BCUT2D eigenvalue weighted by Crippen LogP contribution is -2.42. The molecule has 0 saturated heterocycles. The van der Waals surface area contributed by atoms with Crippen molar-refractivity contribution < 1.29 is 4.79 Å². The maximum absolute atomic E-state index is 14.5. The minimum absolute atomic E-state index is 0.0194. The van der Waals surface area contributed by atoms with Crippen molar-refractivity contribution in [1.29, 1.82) is 0 Å². The van der Waals surface area contributed by atoms with E-state index in [1.807, 2.05) is 84.6 Å². The van der Waals surface area contributed by atoms with Crippen LogP contribution >= 0.6 is 0 Å². The lowest BCUT2D eigenvalue weighted by molar-refractivity contribution is 0.0602. The van der Waals surface area contributed by atoms with Gasteiger partial charge in [0.2, 0.25) is 0 Å². The summed E-state index contributed by atoms with van der Waals surface area (Å²) in [6, 6.07) is 27.3. The highest BCUT2D eigenvalue weighted by molar-refractivity contribution is 6.00. The predicted octanol–water partition coefficient (Wildman–Crippen LogP) is 6.66. The van der Waals surface area contributed by atoms with Gasteiger partial charge >= 0.3 is 0 Å². The quantitative estimate of drug-likeness (QED) is 0.194. The van der Waals surface area contributed by atoms with Gasteiger partial charge in [0.1, 0.15) is 5.82 Å². The van der Waals surface area contributed by atoms with Gasteiger partial charge in [-0.25, -0.2) is 4.98 Å². The molecule has 0 bridgehead atoms. The smallest absolute Gasteiger partial charge is 0.261 e. The number of benzene rings is 4. The first-order chi connectivity index (χ1) is 20.3. The molecule has 42 heavy (non-hydrogen) atoms. The van der Waals surface area contributed by atoms with E-state index in [4.69, 9.17) is 10.7 Å². The summed E-state index contributed by atoms with van der Waals surface area (Å²) in [4.78, 5) is 35.9. The average molecular weight is 561 g/mol. The molecule has 4 aromatic carbocycles. The zero-order valence-corrected chi connectivity index (χ0v) is 25.0. The highest BCUT2D eigenvalue weighted by Gasteiger charge is 2.33. The standard InChI is InChI=1S/C36H40N4O2/c1-5-29-30-15-10-9-14-28(30)22-31-32(29)38-34(40(36(31)42)23-26-12-7-6-8-13-26)33(24(2)3)39(21-11-20-37)35(41)27-18-16-25(4)17-19-27/h6-10,12-19,22,24,33H,5,11,20-21,23,37H2,1-4H3. The Morgan fingerprint density at radius 1 is 0.952 bits per heavy atom. The van der Waals surface area contributed by atoms with E-state index in [0.717, 1.165) is 33.9 Å². The molecule has 2 N–H and O–H groups in total. The summed E-state index contributed by atoms with van der Waals surface area (Å²) in [5.41, 5.74) is 10.3. The third kappa shape index (κ3) is 5.72. The molecule has 0 saturated carbocycles. The Morgan fingerprint density at radius 3 is 2.31 bits per heavy atom. The fraction of sp³-hybridized carbons (Fsp3) is 0.306. The van der Waals surface area contributed by atoms with Crippen LogP contribution in [0.5, 0.6) is 0 Å². The van der Waals surface area contributed by atoms with E-state index in [2.05, 4.69) is 32.9 Å². The van der Waals surface area contributed by atoms with Crippen LogP contribution in [0.4, 0.5) is 0 Å². The van der Waals surface area contributed by atoms with E-state index in [9.17, 15) is 9.59 Å². The van der Waals surface area contributed by atoms with Gasteiger partial charge in [0, 0.05) is 12.1 Å². The van der Waals surface area contributed by atoms with E-state index in [-0.39, 0.29) is 17.4 Å². The lowest BCUT2D eigenvalue weighted by Gasteiger charge is -2.35. The number of rotatable bonds is 10. The van der Waals surface area contributed by atoms with Crippen LogP contribution in [0.15, 0.2) is 89.7 Å². The molecule has 6 heteroatoms. The molecule has 0 aliphatic carbocycles. The highest BCUT2D eigenvalue weighted by atomic mass is 16.2. The number of carbonyl (C=O) groups excluding carboxylic acids is 1. The van der Waals surface area contributed by atoms with Crippen molar-refractivity contribution in [2.45, 2.75) is 53.1 Å². The second-order valence-electron chi connectivity index (χ2n) is 11.4. The Kier molecular flexibility index (Phi) is 8.83. The minimum atomic E-state index is -0.442. The number of aryl methyl sites for hydroxylation is 2. The molecular formula is C36H40N4O2. The second-order valence-corrected chi connectivity index (χ2v) is 11.4. The van der Waals surface area contributed by atoms with Gasteiger partial charge in [-0.1, -0.05) is 93.1 Å². The number of amides is 1. The van der Waals surface area contributed by atoms with Crippen LogP contribution in [-0.4, -0.2) is 33.4 Å². The monoisotopic (exact) mass is 560 g/mol. The predicted molar refractivity (Wildman–Crippen MR) is 172 cm³/mol. The molecule has 1 atom stereocenters. The van der Waals surface area contributed by atoms with Crippen LogP contribution in [-0.2, 0) is 13.0 Å². The number of aromatic nitrogens is 2. The first-order valence-electron chi connectivity index (χ1n) is 14.9. The van der Waals surface area contributed by atoms with Crippen LogP contribution < -0.4 is 11.3 Å². The van der Waals surface area contributed by atoms with Crippen LogP contribution in [0.1, 0.15) is 66.1 Å². The topological polar surface area (TPSA) is 81.2 Å². The molecule has 5 rings (SSSR count).